The molecule has 1 aliphatic carbocycles. The molecule has 0 saturated heterocycles. The summed E-state index contributed by atoms with van der Waals surface area (Å²) in [6, 6.07) is 10.4. The summed E-state index contributed by atoms with van der Waals surface area (Å²) in [5.41, 5.74) is 2.86. The molecule has 1 fully saturated rings. The van der Waals surface area contributed by atoms with Gasteiger partial charge in [-0.05, 0) is 28.9 Å². The molecule has 3 rings (SSSR count). The van der Waals surface area contributed by atoms with Gasteiger partial charge in [0.1, 0.15) is 0 Å². The maximum Gasteiger partial charge on any atom is 0.0886 e. The predicted octanol–water partition coefficient (Wildman–Crippen LogP) is 4.39. The smallest absolute Gasteiger partial charge is 0.0886 e. The first-order valence-corrected chi connectivity index (χ1v) is 11.1. The third-order valence-electron chi connectivity index (χ3n) is 5.06. The highest BCUT2D eigenvalue weighted by molar-refractivity contribution is 6.90. The average Bonchev–Trinajstić information content (AvgIpc) is 2.57. The molecule has 0 N–H and O–H groups in total. The van der Waals surface area contributed by atoms with E-state index < -0.39 is 8.07 Å². The maximum atomic E-state index is 4.68. The van der Waals surface area contributed by atoms with Crippen LogP contribution < -0.4 is 5.19 Å². The standard InChI is InChI=1S/C18H24N2Si/c1-21(2,15-8-4-3-5-9-15)16-11-12-18(20-14-16)17-10-6-7-13-19-17/h6-7,10-15H,3-5,8-9H2,1-2H3. The van der Waals surface area contributed by atoms with E-state index in [0.29, 0.717) is 0 Å². The number of rotatable bonds is 3. The van der Waals surface area contributed by atoms with E-state index in [4.69, 9.17) is 0 Å². The van der Waals surface area contributed by atoms with Crippen LogP contribution in [0.4, 0.5) is 0 Å². The quantitative estimate of drug-likeness (QED) is 0.785. The van der Waals surface area contributed by atoms with Crippen LogP contribution in [0.5, 0.6) is 0 Å². The third kappa shape index (κ3) is 3.08. The van der Waals surface area contributed by atoms with Crippen molar-refractivity contribution in [3.05, 3.63) is 42.7 Å². The topological polar surface area (TPSA) is 25.8 Å². The summed E-state index contributed by atoms with van der Waals surface area (Å²) < 4.78 is 0. The van der Waals surface area contributed by atoms with Crippen LogP contribution >= 0.6 is 0 Å². The second-order valence-electron chi connectivity index (χ2n) is 6.70. The highest BCUT2D eigenvalue weighted by atomic mass is 28.3. The van der Waals surface area contributed by atoms with Gasteiger partial charge >= 0.3 is 0 Å². The van der Waals surface area contributed by atoms with E-state index in [0.717, 1.165) is 16.9 Å². The SMILES string of the molecule is C[Si](C)(c1ccc(-c2ccccn2)nc1)C1CCCCC1. The second-order valence-corrected chi connectivity index (χ2v) is 11.5. The molecule has 0 aromatic carbocycles. The zero-order chi connectivity index (χ0) is 14.7. The van der Waals surface area contributed by atoms with Crippen molar-refractivity contribution in [3.63, 3.8) is 0 Å². The fraction of sp³-hybridized carbons (Fsp3) is 0.444. The van der Waals surface area contributed by atoms with Crippen LogP contribution in [0.15, 0.2) is 42.7 Å². The summed E-state index contributed by atoms with van der Waals surface area (Å²) in [7, 11) is -1.39. The summed E-state index contributed by atoms with van der Waals surface area (Å²) >= 11 is 0. The van der Waals surface area contributed by atoms with Crippen molar-refractivity contribution in [2.24, 2.45) is 0 Å². The Morgan fingerprint density at radius 3 is 2.29 bits per heavy atom. The van der Waals surface area contributed by atoms with E-state index in [9.17, 15) is 0 Å². The molecule has 0 spiro atoms. The molecule has 0 amide bonds. The molecule has 1 aliphatic rings. The van der Waals surface area contributed by atoms with Crippen LogP contribution in [-0.4, -0.2) is 18.0 Å². The molecule has 0 bridgehead atoms. The van der Waals surface area contributed by atoms with Gasteiger partial charge < -0.3 is 0 Å². The minimum absolute atomic E-state index is 0.925. The molecule has 0 atom stereocenters. The molecule has 2 heterocycles. The van der Waals surface area contributed by atoms with Gasteiger partial charge in [0.2, 0.25) is 0 Å². The Morgan fingerprint density at radius 2 is 1.67 bits per heavy atom. The molecular formula is C18H24N2Si. The van der Waals surface area contributed by atoms with E-state index in [-0.39, 0.29) is 0 Å². The van der Waals surface area contributed by atoms with E-state index in [1.54, 1.807) is 0 Å². The lowest BCUT2D eigenvalue weighted by Crippen LogP contribution is -2.46. The van der Waals surface area contributed by atoms with E-state index >= 15 is 0 Å². The molecule has 2 aromatic heterocycles. The predicted molar refractivity (Wildman–Crippen MR) is 91.4 cm³/mol. The van der Waals surface area contributed by atoms with Gasteiger partial charge in [0, 0.05) is 12.4 Å². The first-order valence-electron chi connectivity index (χ1n) is 8.06. The molecule has 0 radical (unpaired) electrons. The first kappa shape index (κ1) is 14.5. The largest absolute Gasteiger partial charge is 0.255 e. The van der Waals surface area contributed by atoms with Gasteiger partial charge in [-0.15, -0.1) is 0 Å². The molecule has 0 unspecified atom stereocenters. The number of hydrogen-bond acceptors (Lipinski definition) is 2. The summed E-state index contributed by atoms with van der Waals surface area (Å²) in [5.74, 6) is 0. The minimum Gasteiger partial charge on any atom is -0.255 e. The van der Waals surface area contributed by atoms with Gasteiger partial charge in [-0.2, -0.15) is 0 Å². The Bertz CT molecular complexity index is 572. The van der Waals surface area contributed by atoms with Crippen molar-refractivity contribution < 1.29 is 0 Å². The van der Waals surface area contributed by atoms with E-state index in [1.807, 2.05) is 24.4 Å². The summed E-state index contributed by atoms with van der Waals surface area (Å²) in [6.45, 7) is 5.03. The molecule has 2 aromatic rings. The summed E-state index contributed by atoms with van der Waals surface area (Å²) in [6.07, 6.45) is 11.0. The second kappa shape index (κ2) is 6.10. The molecule has 1 saturated carbocycles. The van der Waals surface area contributed by atoms with Gasteiger partial charge in [-0.25, -0.2) is 0 Å². The minimum atomic E-state index is -1.39. The van der Waals surface area contributed by atoms with Crippen molar-refractivity contribution in [1.29, 1.82) is 0 Å². The highest BCUT2D eigenvalue weighted by Gasteiger charge is 2.34. The monoisotopic (exact) mass is 296 g/mol. The fourth-order valence-electron chi connectivity index (χ4n) is 3.50. The van der Waals surface area contributed by atoms with E-state index in [2.05, 4.69) is 41.4 Å². The Balaban J connectivity index is 1.83. The number of nitrogens with zero attached hydrogens (tertiary/aromatic N) is 2. The third-order valence-corrected chi connectivity index (χ3v) is 9.46. The van der Waals surface area contributed by atoms with Crippen LogP contribution in [0, 0.1) is 0 Å². The van der Waals surface area contributed by atoms with Crippen molar-refractivity contribution in [1.82, 2.24) is 9.97 Å². The van der Waals surface area contributed by atoms with Gasteiger partial charge in [0.15, 0.2) is 0 Å². The Labute approximate surface area is 128 Å². The molecular weight excluding hydrogens is 272 g/mol. The van der Waals surface area contributed by atoms with Crippen LogP contribution in [0.2, 0.25) is 18.6 Å². The number of hydrogen-bond donors (Lipinski definition) is 0. The highest BCUT2D eigenvalue weighted by Crippen LogP contribution is 2.36. The Hall–Kier alpha value is -1.48. The fourth-order valence-corrected chi connectivity index (χ4v) is 6.73. The van der Waals surface area contributed by atoms with Gasteiger partial charge in [0.05, 0.1) is 19.5 Å². The van der Waals surface area contributed by atoms with Gasteiger partial charge in [-0.1, -0.05) is 57.3 Å². The van der Waals surface area contributed by atoms with Gasteiger partial charge in [-0.3, -0.25) is 9.97 Å². The average molecular weight is 296 g/mol. The Morgan fingerprint density at radius 1 is 0.905 bits per heavy atom. The number of aromatic nitrogens is 2. The van der Waals surface area contributed by atoms with Crippen LogP contribution in [0.3, 0.4) is 0 Å². The lowest BCUT2D eigenvalue weighted by molar-refractivity contribution is 0.494. The summed E-state index contributed by atoms with van der Waals surface area (Å²) in [5, 5.41) is 1.49. The zero-order valence-electron chi connectivity index (χ0n) is 13.0. The zero-order valence-corrected chi connectivity index (χ0v) is 14.0. The normalized spacial score (nSPS) is 16.9. The van der Waals surface area contributed by atoms with Crippen molar-refractivity contribution in [2.75, 3.05) is 0 Å². The summed E-state index contributed by atoms with van der Waals surface area (Å²) in [4.78, 5) is 9.06. The molecule has 3 heteroatoms. The molecule has 110 valence electrons. The molecule has 21 heavy (non-hydrogen) atoms. The van der Waals surface area contributed by atoms with E-state index in [1.165, 1.54) is 37.3 Å². The van der Waals surface area contributed by atoms with Crippen LogP contribution in [0.25, 0.3) is 11.4 Å². The van der Waals surface area contributed by atoms with Crippen molar-refractivity contribution in [2.45, 2.75) is 50.7 Å². The lowest BCUT2D eigenvalue weighted by Gasteiger charge is -2.35. The van der Waals surface area contributed by atoms with Crippen molar-refractivity contribution >= 4 is 13.3 Å². The van der Waals surface area contributed by atoms with Crippen LogP contribution in [0.1, 0.15) is 32.1 Å². The molecule has 2 nitrogen and oxygen atoms in total. The lowest BCUT2D eigenvalue weighted by atomic mass is 10.0. The van der Waals surface area contributed by atoms with Crippen LogP contribution in [-0.2, 0) is 0 Å². The maximum absolute atomic E-state index is 4.68. The number of pyridine rings is 2. The van der Waals surface area contributed by atoms with Gasteiger partial charge in [0.25, 0.3) is 0 Å². The van der Waals surface area contributed by atoms with Crippen molar-refractivity contribution in [3.8, 4) is 11.4 Å². The molecule has 0 aliphatic heterocycles. The Kier molecular flexibility index (Phi) is 4.20. The first-order chi connectivity index (χ1) is 10.2.